The molecule has 1 atom stereocenters. The molecule has 2 aromatic rings. The maximum absolute atomic E-state index is 9.97. The highest BCUT2D eigenvalue weighted by molar-refractivity contribution is 5.38. The Labute approximate surface area is 107 Å². The minimum Gasteiger partial charge on any atom is -0.497 e. The van der Waals surface area contributed by atoms with Crippen LogP contribution in [0.5, 0.6) is 5.75 Å². The molecule has 1 N–H and O–H groups in total. The summed E-state index contributed by atoms with van der Waals surface area (Å²) in [6.45, 7) is 0. The summed E-state index contributed by atoms with van der Waals surface area (Å²) in [6, 6.07) is 16.9. The first-order chi connectivity index (χ1) is 8.79. The summed E-state index contributed by atoms with van der Waals surface area (Å²) in [5, 5.41) is 9.97. The van der Waals surface area contributed by atoms with E-state index < -0.39 is 6.10 Å². The van der Waals surface area contributed by atoms with E-state index in [2.05, 4.69) is 11.8 Å². The molecule has 0 aliphatic rings. The van der Waals surface area contributed by atoms with Crippen LogP contribution in [0.2, 0.25) is 0 Å². The van der Waals surface area contributed by atoms with Gasteiger partial charge in [0.25, 0.3) is 0 Å². The number of rotatable bonds is 2. The largest absolute Gasteiger partial charge is 0.497 e. The molecular weight excluding hydrogens is 224 g/mol. The monoisotopic (exact) mass is 238 g/mol. The van der Waals surface area contributed by atoms with Crippen molar-refractivity contribution in [3.63, 3.8) is 0 Å². The number of aliphatic hydroxyl groups is 1. The lowest BCUT2D eigenvalue weighted by Gasteiger charge is -2.05. The van der Waals surface area contributed by atoms with E-state index in [0.29, 0.717) is 5.75 Å². The molecule has 0 unspecified atom stereocenters. The zero-order chi connectivity index (χ0) is 12.8. The minimum atomic E-state index is -0.805. The zero-order valence-electron chi connectivity index (χ0n) is 10.1. The molecule has 0 fully saturated rings. The number of ether oxygens (including phenoxy) is 1. The highest BCUT2D eigenvalue weighted by Gasteiger charge is 2.04. The van der Waals surface area contributed by atoms with Crippen molar-refractivity contribution in [1.82, 2.24) is 0 Å². The first-order valence-corrected chi connectivity index (χ1v) is 5.68. The topological polar surface area (TPSA) is 29.5 Å². The molecule has 0 radical (unpaired) electrons. The van der Waals surface area contributed by atoms with Crippen molar-refractivity contribution >= 4 is 0 Å². The summed E-state index contributed by atoms with van der Waals surface area (Å²) in [6.07, 6.45) is -0.805. The second kappa shape index (κ2) is 5.90. The molecule has 0 saturated carbocycles. The van der Waals surface area contributed by atoms with Crippen molar-refractivity contribution < 1.29 is 9.84 Å². The summed E-state index contributed by atoms with van der Waals surface area (Å²) in [5.74, 6) is 6.47. The molecule has 0 spiro atoms. The van der Waals surface area contributed by atoms with E-state index in [9.17, 15) is 5.11 Å². The molecule has 2 heteroatoms. The van der Waals surface area contributed by atoms with Crippen LogP contribution in [0.1, 0.15) is 17.2 Å². The van der Waals surface area contributed by atoms with E-state index in [1.54, 1.807) is 13.2 Å². The molecule has 0 heterocycles. The Bertz CT molecular complexity index is 564. The van der Waals surface area contributed by atoms with Crippen LogP contribution in [0.15, 0.2) is 54.6 Å². The SMILES string of the molecule is COc1cccc([C@@H](O)C#Cc2ccccc2)c1. The van der Waals surface area contributed by atoms with Gasteiger partial charge in [-0.25, -0.2) is 0 Å². The molecule has 0 bridgehead atoms. The van der Waals surface area contributed by atoms with Gasteiger partial charge in [0.2, 0.25) is 0 Å². The lowest BCUT2D eigenvalue weighted by molar-refractivity contribution is 0.238. The van der Waals surface area contributed by atoms with Gasteiger partial charge in [-0.05, 0) is 29.8 Å². The molecule has 0 aliphatic carbocycles. The van der Waals surface area contributed by atoms with Gasteiger partial charge in [-0.2, -0.15) is 0 Å². The molecule has 0 amide bonds. The Morgan fingerprint density at radius 2 is 1.83 bits per heavy atom. The number of hydrogen-bond donors (Lipinski definition) is 1. The average molecular weight is 238 g/mol. The predicted octanol–water partition coefficient (Wildman–Crippen LogP) is 2.78. The fraction of sp³-hybridized carbons (Fsp3) is 0.125. The summed E-state index contributed by atoms with van der Waals surface area (Å²) in [7, 11) is 1.60. The van der Waals surface area contributed by atoms with Gasteiger partial charge >= 0.3 is 0 Å². The van der Waals surface area contributed by atoms with Crippen LogP contribution in [0, 0.1) is 11.8 Å². The van der Waals surface area contributed by atoms with Crippen molar-refractivity contribution in [1.29, 1.82) is 0 Å². The summed E-state index contributed by atoms with van der Waals surface area (Å²) in [4.78, 5) is 0. The normalized spacial score (nSPS) is 11.2. The lowest BCUT2D eigenvalue weighted by Crippen LogP contribution is -1.94. The molecule has 0 saturated heterocycles. The van der Waals surface area contributed by atoms with Crippen molar-refractivity contribution in [2.45, 2.75) is 6.10 Å². The second-order valence-corrected chi connectivity index (χ2v) is 3.81. The third-order valence-corrected chi connectivity index (χ3v) is 2.54. The van der Waals surface area contributed by atoms with Gasteiger partial charge in [0, 0.05) is 5.56 Å². The summed E-state index contributed by atoms with van der Waals surface area (Å²) < 4.78 is 5.11. The predicted molar refractivity (Wildman–Crippen MR) is 71.3 cm³/mol. The Morgan fingerprint density at radius 3 is 2.56 bits per heavy atom. The molecule has 18 heavy (non-hydrogen) atoms. The molecule has 2 aromatic carbocycles. The molecular formula is C16H14O2. The van der Waals surface area contributed by atoms with E-state index in [0.717, 1.165) is 11.1 Å². The van der Waals surface area contributed by atoms with Crippen molar-refractivity contribution in [2.75, 3.05) is 7.11 Å². The lowest BCUT2D eigenvalue weighted by atomic mass is 10.1. The third-order valence-electron chi connectivity index (χ3n) is 2.54. The summed E-state index contributed by atoms with van der Waals surface area (Å²) in [5.41, 5.74) is 1.62. The van der Waals surface area contributed by atoms with Gasteiger partial charge in [-0.3, -0.25) is 0 Å². The van der Waals surface area contributed by atoms with Crippen LogP contribution in [0.25, 0.3) is 0 Å². The van der Waals surface area contributed by atoms with Crippen LogP contribution >= 0.6 is 0 Å². The first kappa shape index (κ1) is 12.2. The molecule has 0 aliphatic heterocycles. The quantitative estimate of drug-likeness (QED) is 0.815. The maximum Gasteiger partial charge on any atom is 0.140 e. The highest BCUT2D eigenvalue weighted by atomic mass is 16.5. The molecule has 0 aromatic heterocycles. The number of aliphatic hydroxyl groups excluding tert-OH is 1. The van der Waals surface area contributed by atoms with E-state index in [1.165, 1.54) is 0 Å². The van der Waals surface area contributed by atoms with Crippen LogP contribution in [-0.2, 0) is 0 Å². The minimum absolute atomic E-state index is 0.716. The average Bonchev–Trinajstić information content (AvgIpc) is 2.46. The van der Waals surface area contributed by atoms with Crippen LogP contribution < -0.4 is 4.74 Å². The molecule has 2 rings (SSSR count). The van der Waals surface area contributed by atoms with E-state index in [1.807, 2.05) is 48.5 Å². The van der Waals surface area contributed by atoms with Crippen molar-refractivity contribution in [3.8, 4) is 17.6 Å². The molecule has 2 nitrogen and oxygen atoms in total. The van der Waals surface area contributed by atoms with Gasteiger partial charge in [0.15, 0.2) is 0 Å². The Kier molecular flexibility index (Phi) is 4.01. The van der Waals surface area contributed by atoms with Crippen molar-refractivity contribution in [3.05, 3.63) is 65.7 Å². The third kappa shape index (κ3) is 3.13. The van der Waals surface area contributed by atoms with E-state index in [-0.39, 0.29) is 0 Å². The zero-order valence-corrected chi connectivity index (χ0v) is 10.1. The Hall–Kier alpha value is -2.24. The Balaban J connectivity index is 2.17. The van der Waals surface area contributed by atoms with Crippen LogP contribution in [0.4, 0.5) is 0 Å². The van der Waals surface area contributed by atoms with E-state index in [4.69, 9.17) is 4.74 Å². The van der Waals surface area contributed by atoms with Gasteiger partial charge in [0.05, 0.1) is 7.11 Å². The smallest absolute Gasteiger partial charge is 0.140 e. The van der Waals surface area contributed by atoms with Crippen LogP contribution in [-0.4, -0.2) is 12.2 Å². The maximum atomic E-state index is 9.97. The summed E-state index contributed by atoms with van der Waals surface area (Å²) >= 11 is 0. The van der Waals surface area contributed by atoms with Gasteiger partial charge in [-0.1, -0.05) is 42.2 Å². The standard InChI is InChI=1S/C16H14O2/c1-18-15-9-5-8-14(12-15)16(17)11-10-13-6-3-2-4-7-13/h2-9,12,16-17H,1H3/t16-/m0/s1. The molecule has 90 valence electrons. The Morgan fingerprint density at radius 1 is 1.06 bits per heavy atom. The highest BCUT2D eigenvalue weighted by Crippen LogP contribution is 2.18. The van der Waals surface area contributed by atoms with Crippen LogP contribution in [0.3, 0.4) is 0 Å². The fourth-order valence-corrected chi connectivity index (χ4v) is 1.57. The van der Waals surface area contributed by atoms with Crippen molar-refractivity contribution in [2.24, 2.45) is 0 Å². The number of benzene rings is 2. The number of methoxy groups -OCH3 is 1. The van der Waals surface area contributed by atoms with Gasteiger partial charge in [0.1, 0.15) is 11.9 Å². The first-order valence-electron chi connectivity index (χ1n) is 5.68. The van der Waals surface area contributed by atoms with E-state index >= 15 is 0 Å². The van der Waals surface area contributed by atoms with Gasteiger partial charge in [-0.15, -0.1) is 0 Å². The number of hydrogen-bond acceptors (Lipinski definition) is 2. The van der Waals surface area contributed by atoms with Gasteiger partial charge < -0.3 is 9.84 Å². The fourth-order valence-electron chi connectivity index (χ4n) is 1.57. The second-order valence-electron chi connectivity index (χ2n) is 3.81.